The lowest BCUT2D eigenvalue weighted by molar-refractivity contribution is -0.148. The van der Waals surface area contributed by atoms with Gasteiger partial charge in [0.05, 0.1) is 5.69 Å². The third kappa shape index (κ3) is 4.91. The van der Waals surface area contributed by atoms with Gasteiger partial charge in [0.15, 0.2) is 11.7 Å². The third-order valence-electron chi connectivity index (χ3n) is 3.91. The van der Waals surface area contributed by atoms with Crippen molar-refractivity contribution in [3.8, 4) is 5.75 Å². The number of carbonyl (C=O) groups excluding carboxylic acids is 2. The summed E-state index contributed by atoms with van der Waals surface area (Å²) in [5, 5.41) is 4.96. The minimum absolute atomic E-state index is 0.0733. The van der Waals surface area contributed by atoms with E-state index < -0.39 is 31.1 Å². The minimum atomic E-state index is -3.01. The molecule has 1 aliphatic rings. The second-order valence-corrected chi connectivity index (χ2v) is 6.57. The fourth-order valence-corrected chi connectivity index (χ4v) is 3.51. The second-order valence-electron chi connectivity index (χ2n) is 5.70. The van der Waals surface area contributed by atoms with E-state index in [2.05, 4.69) is 15.0 Å². The van der Waals surface area contributed by atoms with Gasteiger partial charge in [0, 0.05) is 18.1 Å². The molecule has 1 N–H and O–H groups in total. The van der Waals surface area contributed by atoms with E-state index in [0.29, 0.717) is 13.0 Å². The predicted octanol–water partition coefficient (Wildman–Crippen LogP) is 2.90. The predicted molar refractivity (Wildman–Crippen MR) is 95.1 cm³/mol. The number of hydrogen-bond acceptors (Lipinski definition) is 7. The van der Waals surface area contributed by atoms with Gasteiger partial charge in [-0.2, -0.15) is 8.78 Å². The number of anilines is 2. The van der Waals surface area contributed by atoms with Crippen LogP contribution in [0.1, 0.15) is 12.8 Å². The number of nitrogens with zero attached hydrogens (tertiary/aromatic N) is 2. The fourth-order valence-electron chi connectivity index (χ4n) is 2.79. The van der Waals surface area contributed by atoms with Gasteiger partial charge in [0.2, 0.25) is 0 Å². The smallest absolute Gasteiger partial charge is 0.387 e. The Kier molecular flexibility index (Phi) is 6.17. The van der Waals surface area contributed by atoms with Crippen molar-refractivity contribution in [2.75, 3.05) is 23.4 Å². The van der Waals surface area contributed by atoms with Gasteiger partial charge in [-0.05, 0) is 25.0 Å². The second kappa shape index (κ2) is 8.76. The van der Waals surface area contributed by atoms with Crippen molar-refractivity contribution in [1.29, 1.82) is 0 Å². The summed E-state index contributed by atoms with van der Waals surface area (Å²) in [6, 6.07) is 5.29. The maximum atomic E-state index is 12.4. The first kappa shape index (κ1) is 19.0. The van der Waals surface area contributed by atoms with Crippen LogP contribution in [0.3, 0.4) is 0 Å². The monoisotopic (exact) mass is 397 g/mol. The zero-order valence-electron chi connectivity index (χ0n) is 14.1. The van der Waals surface area contributed by atoms with Crippen LogP contribution < -0.4 is 15.0 Å². The number of amides is 1. The first-order valence-corrected chi connectivity index (χ1v) is 9.09. The van der Waals surface area contributed by atoms with Crippen molar-refractivity contribution in [3.63, 3.8) is 0 Å². The van der Waals surface area contributed by atoms with E-state index >= 15 is 0 Å². The molecule has 1 amide bonds. The first-order chi connectivity index (χ1) is 13.0. The van der Waals surface area contributed by atoms with Crippen molar-refractivity contribution in [2.24, 2.45) is 0 Å². The van der Waals surface area contributed by atoms with Gasteiger partial charge in [-0.3, -0.25) is 4.79 Å². The molecule has 0 radical (unpaired) electrons. The lowest BCUT2D eigenvalue weighted by Gasteiger charge is -2.22. The van der Waals surface area contributed by atoms with Crippen LogP contribution in [-0.2, 0) is 14.3 Å². The molecule has 10 heteroatoms. The number of rotatable bonds is 7. The van der Waals surface area contributed by atoms with Gasteiger partial charge in [0.25, 0.3) is 5.91 Å². The van der Waals surface area contributed by atoms with Crippen molar-refractivity contribution >= 4 is 34.0 Å². The standard InChI is InChI=1S/C17H17F2N3O4S/c18-16(19)26-13-6-2-1-4-11(13)21-14(23)10-25-15(24)12-5-3-8-22(12)17-20-7-9-27-17/h1-2,4,6-7,9,12,16H,3,5,8,10H2,(H,21,23). The highest BCUT2D eigenvalue weighted by Crippen LogP contribution is 2.28. The van der Waals surface area contributed by atoms with E-state index in [1.165, 1.54) is 29.5 Å². The van der Waals surface area contributed by atoms with Crippen molar-refractivity contribution in [1.82, 2.24) is 4.98 Å². The number of ether oxygens (including phenoxy) is 2. The summed E-state index contributed by atoms with van der Waals surface area (Å²) in [5.41, 5.74) is 0.0733. The summed E-state index contributed by atoms with van der Waals surface area (Å²) in [4.78, 5) is 30.4. The first-order valence-electron chi connectivity index (χ1n) is 8.21. The summed E-state index contributed by atoms with van der Waals surface area (Å²) in [5.74, 6) is -1.33. The average molecular weight is 397 g/mol. The molecule has 0 saturated carbocycles. The van der Waals surface area contributed by atoms with Crippen molar-refractivity contribution in [3.05, 3.63) is 35.8 Å². The number of hydrogen-bond donors (Lipinski definition) is 1. The summed E-state index contributed by atoms with van der Waals surface area (Å²) < 4.78 is 34.3. The number of nitrogens with one attached hydrogen (secondary N) is 1. The maximum absolute atomic E-state index is 12.4. The molecule has 1 saturated heterocycles. The normalized spacial score (nSPS) is 16.4. The molecule has 3 rings (SSSR count). The maximum Gasteiger partial charge on any atom is 0.387 e. The van der Waals surface area contributed by atoms with E-state index in [0.717, 1.165) is 11.6 Å². The van der Waals surface area contributed by atoms with Crippen LogP contribution in [0, 0.1) is 0 Å². The molecule has 144 valence electrons. The number of alkyl halides is 2. The molecule has 1 atom stereocenters. The highest BCUT2D eigenvalue weighted by molar-refractivity contribution is 7.13. The van der Waals surface area contributed by atoms with Gasteiger partial charge in [0.1, 0.15) is 11.8 Å². The number of aromatic nitrogens is 1. The van der Waals surface area contributed by atoms with E-state index in [9.17, 15) is 18.4 Å². The van der Waals surface area contributed by atoms with Gasteiger partial charge < -0.3 is 19.7 Å². The number of esters is 1. The molecular weight excluding hydrogens is 380 g/mol. The van der Waals surface area contributed by atoms with E-state index in [-0.39, 0.29) is 11.4 Å². The molecule has 7 nitrogen and oxygen atoms in total. The Labute approximate surface area is 157 Å². The number of halogens is 2. The van der Waals surface area contributed by atoms with E-state index in [4.69, 9.17) is 4.74 Å². The lowest BCUT2D eigenvalue weighted by atomic mass is 10.2. The van der Waals surface area contributed by atoms with Gasteiger partial charge in [-0.1, -0.05) is 12.1 Å². The summed E-state index contributed by atoms with van der Waals surface area (Å²) in [6.45, 7) is -2.85. The molecule has 0 bridgehead atoms. The molecule has 0 aliphatic carbocycles. The van der Waals surface area contributed by atoms with Crippen LogP contribution in [0.5, 0.6) is 5.75 Å². The Morgan fingerprint density at radius 3 is 2.93 bits per heavy atom. The molecule has 1 fully saturated rings. The number of carbonyl (C=O) groups is 2. The van der Waals surface area contributed by atoms with Crippen LogP contribution in [0.4, 0.5) is 19.6 Å². The van der Waals surface area contributed by atoms with Crippen LogP contribution >= 0.6 is 11.3 Å². The Morgan fingerprint density at radius 1 is 1.37 bits per heavy atom. The highest BCUT2D eigenvalue weighted by Gasteiger charge is 2.33. The molecule has 1 aromatic heterocycles. The molecule has 2 aromatic rings. The van der Waals surface area contributed by atoms with Crippen molar-refractivity contribution in [2.45, 2.75) is 25.5 Å². The summed E-state index contributed by atoms with van der Waals surface area (Å²) in [7, 11) is 0. The van der Waals surface area contributed by atoms with Gasteiger partial charge in [-0.15, -0.1) is 11.3 Å². The minimum Gasteiger partial charge on any atom is -0.454 e. The fraction of sp³-hybridized carbons (Fsp3) is 0.353. The summed E-state index contributed by atoms with van der Waals surface area (Å²) >= 11 is 1.43. The van der Waals surface area contributed by atoms with Gasteiger partial charge >= 0.3 is 12.6 Å². The number of para-hydroxylation sites is 2. The van der Waals surface area contributed by atoms with Crippen LogP contribution in [0.15, 0.2) is 35.8 Å². The Morgan fingerprint density at radius 2 is 2.19 bits per heavy atom. The molecule has 1 aromatic carbocycles. The quantitative estimate of drug-likeness (QED) is 0.724. The van der Waals surface area contributed by atoms with Crippen molar-refractivity contribution < 1.29 is 27.8 Å². The molecule has 1 unspecified atom stereocenters. The topological polar surface area (TPSA) is 80.8 Å². The molecular formula is C17H17F2N3O4S. The number of benzene rings is 1. The number of thiazole rings is 1. The Balaban J connectivity index is 1.54. The highest BCUT2D eigenvalue weighted by atomic mass is 32.1. The third-order valence-corrected chi connectivity index (χ3v) is 4.72. The molecule has 27 heavy (non-hydrogen) atoms. The van der Waals surface area contributed by atoms with E-state index in [1.54, 1.807) is 12.3 Å². The van der Waals surface area contributed by atoms with Crippen LogP contribution in [0.25, 0.3) is 0 Å². The molecule has 1 aliphatic heterocycles. The molecule has 0 spiro atoms. The zero-order chi connectivity index (χ0) is 19.2. The van der Waals surface area contributed by atoms with Crippen LogP contribution in [-0.4, -0.2) is 42.7 Å². The van der Waals surface area contributed by atoms with Crippen LogP contribution in [0.2, 0.25) is 0 Å². The van der Waals surface area contributed by atoms with Gasteiger partial charge in [-0.25, -0.2) is 9.78 Å². The zero-order valence-corrected chi connectivity index (χ0v) is 15.0. The SMILES string of the molecule is O=C(COC(=O)C1CCCN1c1nccs1)Nc1ccccc1OC(F)F. The largest absolute Gasteiger partial charge is 0.454 e. The molecule has 2 heterocycles. The summed E-state index contributed by atoms with van der Waals surface area (Å²) in [6.07, 6.45) is 3.10. The Bertz CT molecular complexity index is 788. The average Bonchev–Trinajstić information content (AvgIpc) is 3.32. The Hall–Kier alpha value is -2.75. The van der Waals surface area contributed by atoms with E-state index in [1.807, 2.05) is 10.3 Å². The lowest BCUT2D eigenvalue weighted by Crippen LogP contribution is -2.38.